The van der Waals surface area contributed by atoms with E-state index in [9.17, 15) is 14.9 Å². The predicted octanol–water partition coefficient (Wildman–Crippen LogP) is 3.50. The third-order valence-corrected chi connectivity index (χ3v) is 6.54. The Morgan fingerprint density at radius 2 is 1.88 bits per heavy atom. The van der Waals surface area contributed by atoms with Crippen LogP contribution in [-0.2, 0) is 4.79 Å². The van der Waals surface area contributed by atoms with Crippen LogP contribution in [0.5, 0.6) is 5.75 Å². The summed E-state index contributed by atoms with van der Waals surface area (Å²) in [5.74, 6) is 0.0974. The van der Waals surface area contributed by atoms with Crippen molar-refractivity contribution in [3.63, 3.8) is 0 Å². The largest absolute Gasteiger partial charge is 0.494 e. The number of thiophene rings is 1. The summed E-state index contributed by atoms with van der Waals surface area (Å²) in [7, 11) is 0. The van der Waals surface area contributed by atoms with Crippen LogP contribution >= 0.6 is 22.7 Å². The summed E-state index contributed by atoms with van der Waals surface area (Å²) >= 11 is 2.63. The molecule has 0 saturated carbocycles. The van der Waals surface area contributed by atoms with Gasteiger partial charge in [0.05, 0.1) is 16.8 Å². The van der Waals surface area contributed by atoms with Crippen molar-refractivity contribution in [3.05, 3.63) is 96.5 Å². The van der Waals surface area contributed by atoms with Crippen molar-refractivity contribution >= 4 is 45.9 Å². The molecule has 4 aromatic rings. The van der Waals surface area contributed by atoms with Crippen LogP contribution in [0.15, 0.2) is 76.9 Å². The van der Waals surface area contributed by atoms with E-state index in [2.05, 4.69) is 5.32 Å². The predicted molar refractivity (Wildman–Crippen MR) is 132 cm³/mol. The van der Waals surface area contributed by atoms with E-state index in [0.717, 1.165) is 16.2 Å². The fourth-order valence-electron chi connectivity index (χ4n) is 3.15. The first kappa shape index (κ1) is 22.3. The zero-order valence-corrected chi connectivity index (χ0v) is 19.3. The third-order valence-electron chi connectivity index (χ3n) is 4.63. The van der Waals surface area contributed by atoms with E-state index in [1.165, 1.54) is 15.9 Å². The highest BCUT2D eigenvalue weighted by Crippen LogP contribution is 2.16. The number of para-hydroxylation sites is 1. The number of ether oxygens (including phenoxy) is 1. The van der Waals surface area contributed by atoms with Gasteiger partial charge in [-0.2, -0.15) is 5.26 Å². The number of carbonyl (C=O) groups excluding carboxylic acids is 1. The van der Waals surface area contributed by atoms with Crippen LogP contribution in [0.25, 0.3) is 17.3 Å². The Bertz CT molecular complexity index is 1480. The van der Waals surface area contributed by atoms with Crippen LogP contribution in [0.4, 0.5) is 5.69 Å². The molecule has 0 aliphatic rings. The summed E-state index contributed by atoms with van der Waals surface area (Å²) in [6, 6.07) is 21.7. The Kier molecular flexibility index (Phi) is 6.83. The molecule has 2 heterocycles. The summed E-state index contributed by atoms with van der Waals surface area (Å²) in [6.07, 6.45) is 1.78. The average molecular weight is 474 g/mol. The molecule has 2 aromatic heterocycles. The standard InChI is InChI=1S/C25H19N3O3S2/c1-2-31-19-12-10-17(11-13-19)27-23(29)21(16-26)25-28(18-7-4-3-5-8-18)24(30)22(33-25)15-20-9-6-14-32-20/h3-15H,2H2,1H3,(H,27,29)/b22-15+,25-21-. The monoisotopic (exact) mass is 473 g/mol. The first-order valence-electron chi connectivity index (χ1n) is 10.1. The number of hydrogen-bond donors (Lipinski definition) is 1. The van der Waals surface area contributed by atoms with Gasteiger partial charge in [0.2, 0.25) is 0 Å². The van der Waals surface area contributed by atoms with E-state index in [4.69, 9.17) is 4.74 Å². The van der Waals surface area contributed by atoms with E-state index in [1.807, 2.05) is 36.6 Å². The molecule has 0 fully saturated rings. The molecule has 1 N–H and O–H groups in total. The number of nitrogens with zero attached hydrogens (tertiary/aromatic N) is 2. The molecule has 8 heteroatoms. The summed E-state index contributed by atoms with van der Waals surface area (Å²) in [5.41, 5.74) is 0.685. The van der Waals surface area contributed by atoms with Gasteiger partial charge in [0.1, 0.15) is 16.5 Å². The van der Waals surface area contributed by atoms with Crippen LogP contribution < -0.4 is 24.8 Å². The van der Waals surface area contributed by atoms with Crippen LogP contribution in [0, 0.1) is 11.3 Å². The zero-order chi connectivity index (χ0) is 23.2. The highest BCUT2D eigenvalue weighted by atomic mass is 32.1. The molecular formula is C25H19N3O3S2. The minimum atomic E-state index is -0.588. The van der Waals surface area contributed by atoms with Gasteiger partial charge in [-0.25, -0.2) is 0 Å². The number of amides is 1. The van der Waals surface area contributed by atoms with Crippen molar-refractivity contribution in [2.24, 2.45) is 0 Å². The molecule has 164 valence electrons. The lowest BCUT2D eigenvalue weighted by atomic mass is 10.2. The van der Waals surface area contributed by atoms with Crippen LogP contribution in [-0.4, -0.2) is 17.1 Å². The topological polar surface area (TPSA) is 84.1 Å². The van der Waals surface area contributed by atoms with Gasteiger partial charge >= 0.3 is 0 Å². The van der Waals surface area contributed by atoms with E-state index in [0.29, 0.717) is 28.3 Å². The van der Waals surface area contributed by atoms with Gasteiger partial charge in [-0.15, -0.1) is 22.7 Å². The lowest BCUT2D eigenvalue weighted by Gasteiger charge is -2.07. The smallest absolute Gasteiger partial charge is 0.273 e. The Hall–Kier alpha value is -3.93. The van der Waals surface area contributed by atoms with Crippen molar-refractivity contribution in [2.45, 2.75) is 6.92 Å². The fourth-order valence-corrected chi connectivity index (χ4v) is 4.98. The van der Waals surface area contributed by atoms with Crippen LogP contribution in [0.3, 0.4) is 0 Å². The van der Waals surface area contributed by atoms with E-state index >= 15 is 0 Å². The molecule has 0 aliphatic heterocycles. The van der Waals surface area contributed by atoms with Crippen molar-refractivity contribution in [3.8, 4) is 17.5 Å². The maximum absolute atomic E-state index is 13.3. The lowest BCUT2D eigenvalue weighted by Crippen LogP contribution is -2.32. The maximum atomic E-state index is 13.3. The van der Waals surface area contributed by atoms with Crippen molar-refractivity contribution in [1.82, 2.24) is 4.57 Å². The Morgan fingerprint density at radius 1 is 1.12 bits per heavy atom. The molecule has 1 amide bonds. The average Bonchev–Trinajstić information content (AvgIpc) is 3.45. The normalized spacial score (nSPS) is 12.2. The summed E-state index contributed by atoms with van der Waals surface area (Å²) < 4.78 is 7.56. The quantitative estimate of drug-likeness (QED) is 0.465. The Balaban J connectivity index is 1.85. The number of aromatic nitrogens is 1. The second-order valence-electron chi connectivity index (χ2n) is 6.81. The SMILES string of the molecule is CCOc1ccc(NC(=O)/C(C#N)=c2\s/c(=C/c3cccs3)c(=O)n2-c2ccccc2)cc1. The maximum Gasteiger partial charge on any atom is 0.273 e. The number of benzene rings is 2. The molecule has 33 heavy (non-hydrogen) atoms. The zero-order valence-electron chi connectivity index (χ0n) is 17.6. The number of carbonyl (C=O) groups is 1. The molecule has 0 spiro atoms. The molecule has 4 rings (SSSR count). The molecular weight excluding hydrogens is 454 g/mol. The van der Waals surface area contributed by atoms with Gasteiger partial charge in [-0.1, -0.05) is 24.3 Å². The minimum Gasteiger partial charge on any atom is -0.494 e. The number of rotatable bonds is 6. The Labute approximate surface area is 198 Å². The van der Waals surface area contributed by atoms with E-state index in [1.54, 1.807) is 54.6 Å². The second kappa shape index (κ2) is 10.1. The van der Waals surface area contributed by atoms with Gasteiger partial charge < -0.3 is 10.1 Å². The second-order valence-corrected chi connectivity index (χ2v) is 8.82. The van der Waals surface area contributed by atoms with Crippen LogP contribution in [0.2, 0.25) is 0 Å². The molecule has 0 unspecified atom stereocenters. The van der Waals surface area contributed by atoms with Gasteiger partial charge in [0, 0.05) is 10.6 Å². The highest BCUT2D eigenvalue weighted by molar-refractivity contribution is 7.11. The fraction of sp³-hybridized carbons (Fsp3) is 0.0800. The molecule has 0 atom stereocenters. The number of nitriles is 1. The van der Waals surface area contributed by atoms with Crippen molar-refractivity contribution in [2.75, 3.05) is 11.9 Å². The van der Waals surface area contributed by atoms with Gasteiger partial charge in [-0.3, -0.25) is 14.2 Å². The summed E-state index contributed by atoms with van der Waals surface area (Å²) in [4.78, 5) is 27.3. The van der Waals surface area contributed by atoms with Gasteiger partial charge in [0.15, 0.2) is 5.57 Å². The summed E-state index contributed by atoms with van der Waals surface area (Å²) in [5, 5.41) is 14.6. The van der Waals surface area contributed by atoms with Gasteiger partial charge in [0.25, 0.3) is 11.5 Å². The summed E-state index contributed by atoms with van der Waals surface area (Å²) in [6.45, 7) is 2.43. The van der Waals surface area contributed by atoms with Crippen LogP contribution in [0.1, 0.15) is 11.8 Å². The number of thiazole rings is 1. The molecule has 0 radical (unpaired) electrons. The first-order valence-corrected chi connectivity index (χ1v) is 11.8. The lowest BCUT2D eigenvalue weighted by molar-refractivity contribution is -0.111. The third kappa shape index (κ3) is 4.95. The molecule has 0 saturated heterocycles. The molecule has 0 aliphatic carbocycles. The minimum absolute atomic E-state index is 0.138. The van der Waals surface area contributed by atoms with E-state index < -0.39 is 5.91 Å². The first-order chi connectivity index (χ1) is 16.1. The molecule has 6 nitrogen and oxygen atoms in total. The molecule has 0 bridgehead atoms. The number of hydrogen-bond acceptors (Lipinski definition) is 6. The van der Waals surface area contributed by atoms with Crippen molar-refractivity contribution < 1.29 is 9.53 Å². The molecule has 2 aromatic carbocycles. The van der Waals surface area contributed by atoms with Gasteiger partial charge in [-0.05, 0) is 60.8 Å². The number of anilines is 1. The van der Waals surface area contributed by atoms with E-state index in [-0.39, 0.29) is 15.8 Å². The highest BCUT2D eigenvalue weighted by Gasteiger charge is 2.17. The Morgan fingerprint density at radius 3 is 2.52 bits per heavy atom. The van der Waals surface area contributed by atoms with Crippen molar-refractivity contribution in [1.29, 1.82) is 5.26 Å². The number of nitrogens with one attached hydrogen (secondary N) is 1.